The molecule has 0 bridgehead atoms. The van der Waals surface area contributed by atoms with Gasteiger partial charge >= 0.3 is 0 Å². The first-order chi connectivity index (χ1) is 11.2. The van der Waals surface area contributed by atoms with E-state index in [0.29, 0.717) is 10.8 Å². The Morgan fingerprint density at radius 2 is 1.74 bits per heavy atom. The van der Waals surface area contributed by atoms with E-state index in [2.05, 4.69) is 21.1 Å². The maximum atomic E-state index is 12.4. The quantitative estimate of drug-likeness (QED) is 0.843. The van der Waals surface area contributed by atoms with Gasteiger partial charge in [-0.2, -0.15) is 0 Å². The lowest BCUT2D eigenvalue weighted by Gasteiger charge is -2.30. The summed E-state index contributed by atoms with van der Waals surface area (Å²) in [5.74, 6) is 0. The van der Waals surface area contributed by atoms with Crippen molar-refractivity contribution >= 4 is 32.7 Å². The third kappa shape index (κ3) is 4.42. The zero-order chi connectivity index (χ0) is 16.1. The van der Waals surface area contributed by atoms with Crippen molar-refractivity contribution in [2.75, 3.05) is 19.6 Å². The molecule has 0 aromatic carbocycles. The van der Waals surface area contributed by atoms with Crippen LogP contribution >= 0.6 is 22.7 Å². The van der Waals surface area contributed by atoms with Crippen LogP contribution in [0.1, 0.15) is 36.6 Å². The highest BCUT2D eigenvalue weighted by molar-refractivity contribution is 7.91. The molecular formula is C16H22N2O2S3. The van der Waals surface area contributed by atoms with Gasteiger partial charge in [0.15, 0.2) is 0 Å². The second-order valence-corrected chi connectivity index (χ2v) is 9.69. The van der Waals surface area contributed by atoms with Crippen LogP contribution in [0.5, 0.6) is 0 Å². The summed E-state index contributed by atoms with van der Waals surface area (Å²) in [6, 6.07) is 7.70. The second-order valence-electron chi connectivity index (χ2n) is 5.77. The molecule has 126 valence electrons. The number of nitrogens with one attached hydrogen (secondary N) is 1. The van der Waals surface area contributed by atoms with Gasteiger partial charge in [-0.15, -0.1) is 22.7 Å². The standard InChI is InChI=1S/C16H22N2O2S3/c19-23(20,16-8-6-12-22-16)17-13-14(15-7-5-11-21-15)18-9-3-1-2-4-10-18/h5-8,11-12,14,17H,1-4,9-10,13H2. The van der Waals surface area contributed by atoms with Crippen LogP contribution in [0.2, 0.25) is 0 Å². The van der Waals surface area contributed by atoms with Gasteiger partial charge < -0.3 is 0 Å². The molecule has 0 amide bonds. The van der Waals surface area contributed by atoms with Gasteiger partial charge in [0.25, 0.3) is 0 Å². The molecule has 23 heavy (non-hydrogen) atoms. The van der Waals surface area contributed by atoms with Crippen LogP contribution in [-0.2, 0) is 10.0 Å². The molecular weight excluding hydrogens is 348 g/mol. The Morgan fingerprint density at radius 3 is 2.35 bits per heavy atom. The predicted octanol–water partition coefficient (Wildman–Crippen LogP) is 3.71. The zero-order valence-electron chi connectivity index (χ0n) is 13.0. The van der Waals surface area contributed by atoms with E-state index in [9.17, 15) is 8.42 Å². The molecule has 1 aliphatic rings. The lowest BCUT2D eigenvalue weighted by atomic mass is 10.2. The van der Waals surface area contributed by atoms with Crippen LogP contribution in [-0.4, -0.2) is 33.0 Å². The summed E-state index contributed by atoms with van der Waals surface area (Å²) in [6.45, 7) is 2.52. The van der Waals surface area contributed by atoms with Gasteiger partial charge in [0.1, 0.15) is 4.21 Å². The normalized spacial score (nSPS) is 18.6. The van der Waals surface area contributed by atoms with Crippen molar-refractivity contribution in [2.24, 2.45) is 0 Å². The number of thiophene rings is 2. The Kier molecular flexibility index (Phi) is 5.87. The maximum absolute atomic E-state index is 12.4. The van der Waals surface area contributed by atoms with Crippen LogP contribution in [0.4, 0.5) is 0 Å². The van der Waals surface area contributed by atoms with Crippen LogP contribution in [0.25, 0.3) is 0 Å². The van der Waals surface area contributed by atoms with Gasteiger partial charge in [0.05, 0.1) is 6.04 Å². The van der Waals surface area contributed by atoms with E-state index >= 15 is 0 Å². The highest BCUT2D eigenvalue weighted by Crippen LogP contribution is 2.28. The topological polar surface area (TPSA) is 49.4 Å². The van der Waals surface area contributed by atoms with Crippen LogP contribution in [0, 0.1) is 0 Å². The van der Waals surface area contributed by atoms with Crippen molar-refractivity contribution in [3.05, 3.63) is 39.9 Å². The van der Waals surface area contributed by atoms with Gasteiger partial charge in [-0.25, -0.2) is 13.1 Å². The minimum atomic E-state index is -3.40. The maximum Gasteiger partial charge on any atom is 0.250 e. The summed E-state index contributed by atoms with van der Waals surface area (Å²) in [6.07, 6.45) is 4.93. The van der Waals surface area contributed by atoms with Crippen LogP contribution in [0.3, 0.4) is 0 Å². The van der Waals surface area contributed by atoms with E-state index in [1.807, 2.05) is 6.07 Å². The van der Waals surface area contributed by atoms with Gasteiger partial charge in [-0.1, -0.05) is 25.0 Å². The minimum Gasteiger partial charge on any atom is -0.294 e. The Balaban J connectivity index is 1.74. The van der Waals surface area contributed by atoms with Gasteiger partial charge in [-0.05, 0) is 48.8 Å². The van der Waals surface area contributed by atoms with Crippen molar-refractivity contribution in [3.8, 4) is 0 Å². The fourth-order valence-corrected chi connectivity index (χ4v) is 5.91. The predicted molar refractivity (Wildman–Crippen MR) is 96.6 cm³/mol. The van der Waals surface area contributed by atoms with Crippen molar-refractivity contribution < 1.29 is 8.42 Å². The molecule has 1 unspecified atom stereocenters. The lowest BCUT2D eigenvalue weighted by molar-refractivity contribution is 0.209. The largest absolute Gasteiger partial charge is 0.294 e. The van der Waals surface area contributed by atoms with E-state index in [-0.39, 0.29) is 6.04 Å². The van der Waals surface area contributed by atoms with Crippen LogP contribution < -0.4 is 4.72 Å². The monoisotopic (exact) mass is 370 g/mol. The summed E-state index contributed by atoms with van der Waals surface area (Å²) in [5.41, 5.74) is 0. The smallest absolute Gasteiger partial charge is 0.250 e. The van der Waals surface area contributed by atoms with Gasteiger partial charge in [-0.3, -0.25) is 4.90 Å². The first-order valence-corrected chi connectivity index (χ1v) is 11.2. The first kappa shape index (κ1) is 17.1. The first-order valence-electron chi connectivity index (χ1n) is 7.97. The molecule has 3 heterocycles. The fraction of sp³-hybridized carbons (Fsp3) is 0.500. The number of rotatable bonds is 6. The Morgan fingerprint density at radius 1 is 1.04 bits per heavy atom. The molecule has 1 atom stereocenters. The Bertz CT molecular complexity index is 673. The minimum absolute atomic E-state index is 0.128. The molecule has 3 rings (SSSR count). The highest BCUT2D eigenvalue weighted by atomic mass is 32.2. The van der Waals surface area contributed by atoms with Crippen LogP contribution in [0.15, 0.2) is 39.2 Å². The van der Waals surface area contributed by atoms with Gasteiger partial charge in [0.2, 0.25) is 10.0 Å². The molecule has 7 heteroatoms. The average Bonchev–Trinajstić information content (AvgIpc) is 3.19. The average molecular weight is 371 g/mol. The van der Waals surface area contributed by atoms with Crippen molar-refractivity contribution in [1.29, 1.82) is 0 Å². The molecule has 0 saturated carbocycles. The molecule has 1 fully saturated rings. The molecule has 2 aromatic heterocycles. The molecule has 2 aromatic rings. The van der Waals surface area contributed by atoms with E-state index in [1.165, 1.54) is 41.9 Å². The third-order valence-electron chi connectivity index (χ3n) is 4.18. The van der Waals surface area contributed by atoms with Crippen molar-refractivity contribution in [3.63, 3.8) is 0 Å². The molecule has 0 radical (unpaired) electrons. The van der Waals surface area contributed by atoms with E-state index < -0.39 is 10.0 Å². The number of hydrogen-bond donors (Lipinski definition) is 1. The molecule has 1 aliphatic heterocycles. The van der Waals surface area contributed by atoms with Crippen molar-refractivity contribution in [1.82, 2.24) is 9.62 Å². The molecule has 0 aliphatic carbocycles. The summed E-state index contributed by atoms with van der Waals surface area (Å²) in [7, 11) is -3.40. The summed E-state index contributed by atoms with van der Waals surface area (Å²) in [4.78, 5) is 3.68. The molecule has 1 N–H and O–H groups in total. The molecule has 4 nitrogen and oxygen atoms in total. The Labute approximate surface area is 146 Å². The molecule has 0 spiro atoms. The number of sulfonamides is 1. The number of nitrogens with zero attached hydrogens (tertiary/aromatic N) is 1. The lowest BCUT2D eigenvalue weighted by Crippen LogP contribution is -2.38. The van der Waals surface area contributed by atoms with E-state index in [1.54, 1.807) is 28.8 Å². The summed E-state index contributed by atoms with van der Waals surface area (Å²) in [5, 5.41) is 3.86. The SMILES string of the molecule is O=S(=O)(NCC(c1cccs1)N1CCCCCC1)c1cccs1. The van der Waals surface area contributed by atoms with E-state index in [0.717, 1.165) is 13.1 Å². The summed E-state index contributed by atoms with van der Waals surface area (Å²) >= 11 is 2.96. The van der Waals surface area contributed by atoms with E-state index in [4.69, 9.17) is 0 Å². The molecule has 1 saturated heterocycles. The van der Waals surface area contributed by atoms with Gasteiger partial charge in [0, 0.05) is 11.4 Å². The number of hydrogen-bond acceptors (Lipinski definition) is 5. The fourth-order valence-electron chi connectivity index (χ4n) is 2.97. The third-order valence-corrected chi connectivity index (χ3v) is 7.97. The zero-order valence-corrected chi connectivity index (χ0v) is 15.4. The number of likely N-dealkylation sites (tertiary alicyclic amines) is 1. The summed E-state index contributed by atoms with van der Waals surface area (Å²) < 4.78 is 28.0. The second kappa shape index (κ2) is 7.90. The highest BCUT2D eigenvalue weighted by Gasteiger charge is 2.25. The Hall–Kier alpha value is -0.730. The van der Waals surface area contributed by atoms with Crippen molar-refractivity contribution in [2.45, 2.75) is 35.9 Å².